The van der Waals surface area contributed by atoms with E-state index in [1.165, 1.54) is 0 Å². The third-order valence-electron chi connectivity index (χ3n) is 3.99. The highest BCUT2D eigenvalue weighted by molar-refractivity contribution is 5.94. The standard InChI is InChI=1S/C19H16N4O4/c1-25-14-5-2-12(3-6-14)10-20-23-19(24)16-9-15(21-22-16)13-4-7-17-18(8-13)27-11-26-17/h2-10H,11H2,1H3,(H,21,22)(H,23,24)/b20-10-. The van der Waals surface area contributed by atoms with Gasteiger partial charge in [-0.15, -0.1) is 0 Å². The van der Waals surface area contributed by atoms with E-state index >= 15 is 0 Å². The Morgan fingerprint density at radius 1 is 1.19 bits per heavy atom. The maximum absolute atomic E-state index is 12.2. The van der Waals surface area contributed by atoms with Crippen molar-refractivity contribution in [3.05, 3.63) is 59.8 Å². The van der Waals surface area contributed by atoms with Gasteiger partial charge in [-0.2, -0.15) is 10.2 Å². The lowest BCUT2D eigenvalue weighted by Gasteiger charge is -1.99. The molecule has 1 aromatic heterocycles. The predicted octanol–water partition coefficient (Wildman–Crippen LogP) is 2.58. The Labute approximate surface area is 154 Å². The molecule has 1 aliphatic rings. The number of carbonyl (C=O) groups excluding carboxylic acids is 1. The maximum Gasteiger partial charge on any atom is 0.289 e. The molecule has 0 fully saturated rings. The van der Waals surface area contributed by atoms with E-state index in [9.17, 15) is 4.79 Å². The fourth-order valence-corrected chi connectivity index (χ4v) is 2.56. The minimum absolute atomic E-state index is 0.208. The van der Waals surface area contributed by atoms with Crippen LogP contribution >= 0.6 is 0 Å². The summed E-state index contributed by atoms with van der Waals surface area (Å²) in [5, 5.41) is 10.8. The number of hydrazone groups is 1. The molecule has 8 nitrogen and oxygen atoms in total. The van der Waals surface area contributed by atoms with E-state index in [1.807, 2.05) is 42.5 Å². The average Bonchev–Trinajstić information content (AvgIpc) is 3.37. The molecule has 136 valence electrons. The van der Waals surface area contributed by atoms with Crippen LogP contribution in [-0.4, -0.2) is 36.2 Å². The summed E-state index contributed by atoms with van der Waals surface area (Å²) < 4.78 is 15.7. The molecule has 2 N–H and O–H groups in total. The lowest BCUT2D eigenvalue weighted by atomic mass is 10.1. The van der Waals surface area contributed by atoms with Crippen molar-refractivity contribution < 1.29 is 19.0 Å². The van der Waals surface area contributed by atoms with Crippen molar-refractivity contribution in [1.82, 2.24) is 15.6 Å². The molecule has 0 unspecified atom stereocenters. The van der Waals surface area contributed by atoms with Gasteiger partial charge >= 0.3 is 0 Å². The number of aromatic amines is 1. The zero-order chi connectivity index (χ0) is 18.6. The predicted molar refractivity (Wildman–Crippen MR) is 98.2 cm³/mol. The number of fused-ring (bicyclic) bond motifs is 1. The first-order valence-corrected chi connectivity index (χ1v) is 8.16. The summed E-state index contributed by atoms with van der Waals surface area (Å²) in [5.74, 6) is 1.72. The van der Waals surface area contributed by atoms with Crippen LogP contribution in [0.15, 0.2) is 53.6 Å². The number of benzene rings is 2. The SMILES string of the molecule is COc1ccc(/C=N\NC(=O)c2cc(-c3ccc4c(c3)OCO4)n[nH]2)cc1. The molecule has 0 atom stereocenters. The molecule has 0 saturated heterocycles. The molecule has 0 spiro atoms. The third kappa shape index (κ3) is 3.59. The molecule has 27 heavy (non-hydrogen) atoms. The number of nitrogens with zero attached hydrogens (tertiary/aromatic N) is 2. The number of H-pyrrole nitrogens is 1. The van der Waals surface area contributed by atoms with Crippen molar-refractivity contribution in [2.75, 3.05) is 13.9 Å². The van der Waals surface area contributed by atoms with Crippen molar-refractivity contribution in [3.8, 4) is 28.5 Å². The molecule has 1 amide bonds. The largest absolute Gasteiger partial charge is 0.497 e. The Balaban J connectivity index is 1.41. The van der Waals surface area contributed by atoms with Gasteiger partial charge < -0.3 is 14.2 Å². The van der Waals surface area contributed by atoms with Gasteiger partial charge in [0.05, 0.1) is 19.0 Å². The summed E-state index contributed by atoms with van der Waals surface area (Å²) >= 11 is 0. The quantitative estimate of drug-likeness (QED) is 0.536. The minimum Gasteiger partial charge on any atom is -0.497 e. The van der Waals surface area contributed by atoms with Gasteiger partial charge in [0.1, 0.15) is 11.4 Å². The molecule has 0 radical (unpaired) electrons. The number of amides is 1. The smallest absolute Gasteiger partial charge is 0.289 e. The van der Waals surface area contributed by atoms with E-state index in [0.29, 0.717) is 22.9 Å². The molecular weight excluding hydrogens is 348 g/mol. The highest BCUT2D eigenvalue weighted by Gasteiger charge is 2.16. The molecule has 0 bridgehead atoms. The number of methoxy groups -OCH3 is 1. The molecule has 8 heteroatoms. The van der Waals surface area contributed by atoms with Crippen LogP contribution in [0.25, 0.3) is 11.3 Å². The van der Waals surface area contributed by atoms with Gasteiger partial charge in [-0.3, -0.25) is 9.89 Å². The van der Waals surface area contributed by atoms with Crippen molar-refractivity contribution >= 4 is 12.1 Å². The first kappa shape index (κ1) is 16.6. The Hall–Kier alpha value is -3.81. The van der Waals surface area contributed by atoms with Gasteiger partial charge in [0.25, 0.3) is 5.91 Å². The molecule has 0 aliphatic carbocycles. The van der Waals surface area contributed by atoms with Crippen LogP contribution in [0.1, 0.15) is 16.1 Å². The summed E-state index contributed by atoms with van der Waals surface area (Å²) in [6.07, 6.45) is 1.55. The highest BCUT2D eigenvalue weighted by atomic mass is 16.7. The zero-order valence-corrected chi connectivity index (χ0v) is 14.4. The summed E-state index contributed by atoms with van der Waals surface area (Å²) in [7, 11) is 1.60. The molecule has 2 aromatic carbocycles. The Morgan fingerprint density at radius 3 is 2.81 bits per heavy atom. The number of hydrogen-bond donors (Lipinski definition) is 2. The van der Waals surface area contributed by atoms with Crippen LogP contribution in [0, 0.1) is 0 Å². The molecule has 2 heterocycles. The first-order valence-electron chi connectivity index (χ1n) is 8.16. The first-order chi connectivity index (χ1) is 13.2. The van der Waals surface area contributed by atoms with Crippen LogP contribution in [0.3, 0.4) is 0 Å². The summed E-state index contributed by atoms with van der Waals surface area (Å²) in [4.78, 5) is 12.2. The van der Waals surface area contributed by atoms with Crippen molar-refractivity contribution in [2.24, 2.45) is 5.10 Å². The van der Waals surface area contributed by atoms with E-state index in [1.54, 1.807) is 19.4 Å². The summed E-state index contributed by atoms with van der Waals surface area (Å²) in [6, 6.07) is 14.4. The van der Waals surface area contributed by atoms with Crippen LogP contribution in [0.2, 0.25) is 0 Å². The number of nitrogens with one attached hydrogen (secondary N) is 2. The second kappa shape index (κ2) is 7.20. The van der Waals surface area contributed by atoms with Crippen LogP contribution < -0.4 is 19.6 Å². The van der Waals surface area contributed by atoms with E-state index in [-0.39, 0.29) is 12.7 Å². The second-order valence-corrected chi connectivity index (χ2v) is 5.71. The van der Waals surface area contributed by atoms with Crippen LogP contribution in [-0.2, 0) is 0 Å². The molecular formula is C19H16N4O4. The topological polar surface area (TPSA) is 97.8 Å². The summed E-state index contributed by atoms with van der Waals surface area (Å²) in [6.45, 7) is 0.208. The van der Waals surface area contributed by atoms with Crippen molar-refractivity contribution in [2.45, 2.75) is 0 Å². The Kier molecular flexibility index (Phi) is 4.44. The van der Waals surface area contributed by atoms with Crippen LogP contribution in [0.5, 0.6) is 17.2 Å². The highest BCUT2D eigenvalue weighted by Crippen LogP contribution is 2.35. The normalized spacial score (nSPS) is 12.3. The van der Waals surface area contributed by atoms with Gasteiger partial charge in [-0.25, -0.2) is 5.43 Å². The van der Waals surface area contributed by atoms with E-state index in [2.05, 4.69) is 20.7 Å². The number of hydrogen-bond acceptors (Lipinski definition) is 6. The lowest BCUT2D eigenvalue weighted by Crippen LogP contribution is -2.17. The molecule has 1 aliphatic heterocycles. The van der Waals surface area contributed by atoms with Gasteiger partial charge in [0, 0.05) is 5.56 Å². The van der Waals surface area contributed by atoms with Gasteiger partial charge in [0.2, 0.25) is 6.79 Å². The van der Waals surface area contributed by atoms with E-state index in [0.717, 1.165) is 16.9 Å². The number of carbonyl (C=O) groups is 1. The Morgan fingerprint density at radius 2 is 2.00 bits per heavy atom. The van der Waals surface area contributed by atoms with Crippen molar-refractivity contribution in [3.63, 3.8) is 0 Å². The van der Waals surface area contributed by atoms with E-state index in [4.69, 9.17) is 14.2 Å². The fourth-order valence-electron chi connectivity index (χ4n) is 2.56. The molecule has 4 rings (SSSR count). The average molecular weight is 364 g/mol. The maximum atomic E-state index is 12.2. The molecule has 3 aromatic rings. The van der Waals surface area contributed by atoms with Gasteiger partial charge in [-0.05, 0) is 54.1 Å². The Bertz CT molecular complexity index is 995. The zero-order valence-electron chi connectivity index (χ0n) is 14.4. The number of ether oxygens (including phenoxy) is 3. The monoisotopic (exact) mass is 364 g/mol. The second-order valence-electron chi connectivity index (χ2n) is 5.71. The van der Waals surface area contributed by atoms with Crippen LogP contribution in [0.4, 0.5) is 0 Å². The van der Waals surface area contributed by atoms with Crippen molar-refractivity contribution in [1.29, 1.82) is 0 Å². The number of rotatable bonds is 5. The van der Waals surface area contributed by atoms with E-state index < -0.39 is 0 Å². The lowest BCUT2D eigenvalue weighted by molar-refractivity contribution is 0.0950. The van der Waals surface area contributed by atoms with Gasteiger partial charge in [-0.1, -0.05) is 0 Å². The number of aromatic nitrogens is 2. The molecule has 0 saturated carbocycles. The van der Waals surface area contributed by atoms with Gasteiger partial charge in [0.15, 0.2) is 11.5 Å². The summed E-state index contributed by atoms with van der Waals surface area (Å²) in [5.41, 5.74) is 5.04. The fraction of sp³-hybridized carbons (Fsp3) is 0.105. The minimum atomic E-state index is -0.390. The third-order valence-corrected chi connectivity index (χ3v) is 3.99.